The molecule has 0 aromatic carbocycles. The highest BCUT2D eigenvalue weighted by Crippen LogP contribution is 2.13. The predicted octanol–water partition coefficient (Wildman–Crippen LogP) is 1.68. The van der Waals surface area contributed by atoms with Crippen molar-refractivity contribution in [3.63, 3.8) is 0 Å². The van der Waals surface area contributed by atoms with E-state index in [4.69, 9.17) is 12.2 Å². The molecular weight excluding hydrogens is 264 g/mol. The standard InChI is InChI=1S/C12H16N4O2S/c1-4-5-16-9-7(10(17)15-12(16)18)11(19)14-8(13-9)6(2)3/h6H,4-5H2,1-3H3,(H,13,14,19)(H,15,17,18). The number of rotatable bonds is 3. The second-order valence-electron chi connectivity index (χ2n) is 4.72. The Morgan fingerprint density at radius 3 is 2.58 bits per heavy atom. The molecule has 0 fully saturated rings. The molecule has 0 atom stereocenters. The van der Waals surface area contributed by atoms with E-state index in [0.717, 1.165) is 6.42 Å². The minimum atomic E-state index is -0.489. The number of aromatic nitrogens is 4. The van der Waals surface area contributed by atoms with Crippen LogP contribution in [-0.2, 0) is 6.54 Å². The van der Waals surface area contributed by atoms with Gasteiger partial charge in [-0.25, -0.2) is 9.78 Å². The Bertz CT molecular complexity index is 785. The molecule has 0 aliphatic carbocycles. The van der Waals surface area contributed by atoms with Crippen LogP contribution >= 0.6 is 12.2 Å². The van der Waals surface area contributed by atoms with Crippen LogP contribution in [-0.4, -0.2) is 19.5 Å². The van der Waals surface area contributed by atoms with Crippen LogP contribution in [0.1, 0.15) is 38.9 Å². The fourth-order valence-electron chi connectivity index (χ4n) is 1.92. The lowest BCUT2D eigenvalue weighted by Crippen LogP contribution is -2.31. The highest BCUT2D eigenvalue weighted by Gasteiger charge is 2.12. The van der Waals surface area contributed by atoms with Gasteiger partial charge in [-0.1, -0.05) is 33.0 Å². The van der Waals surface area contributed by atoms with E-state index in [1.54, 1.807) is 0 Å². The minimum absolute atomic E-state index is 0.135. The highest BCUT2D eigenvalue weighted by atomic mass is 32.1. The molecule has 0 unspecified atom stereocenters. The topological polar surface area (TPSA) is 83.5 Å². The van der Waals surface area contributed by atoms with Crippen molar-refractivity contribution in [2.24, 2.45) is 0 Å². The van der Waals surface area contributed by atoms with Crippen molar-refractivity contribution in [1.82, 2.24) is 19.5 Å². The zero-order chi connectivity index (χ0) is 14.2. The van der Waals surface area contributed by atoms with Crippen molar-refractivity contribution < 1.29 is 0 Å². The third kappa shape index (κ3) is 2.37. The van der Waals surface area contributed by atoms with Gasteiger partial charge in [0.05, 0.1) is 0 Å². The molecule has 0 radical (unpaired) electrons. The summed E-state index contributed by atoms with van der Waals surface area (Å²) in [6, 6.07) is 0. The van der Waals surface area contributed by atoms with Gasteiger partial charge in [-0.3, -0.25) is 14.3 Å². The first-order valence-electron chi connectivity index (χ1n) is 6.22. The molecule has 0 aliphatic rings. The van der Waals surface area contributed by atoms with Crippen molar-refractivity contribution >= 4 is 23.3 Å². The molecule has 0 spiro atoms. The first-order chi connectivity index (χ1) is 8.95. The number of hydrogen-bond acceptors (Lipinski definition) is 4. The molecule has 6 nitrogen and oxygen atoms in total. The van der Waals surface area contributed by atoms with Gasteiger partial charge < -0.3 is 4.98 Å². The minimum Gasteiger partial charge on any atom is -0.329 e. The average Bonchev–Trinajstić information content (AvgIpc) is 2.33. The molecule has 2 aromatic rings. The van der Waals surface area contributed by atoms with E-state index in [1.807, 2.05) is 20.8 Å². The van der Waals surface area contributed by atoms with Crippen LogP contribution < -0.4 is 11.2 Å². The lowest BCUT2D eigenvalue weighted by atomic mass is 10.2. The summed E-state index contributed by atoms with van der Waals surface area (Å²) in [6.45, 7) is 6.41. The maximum absolute atomic E-state index is 11.9. The van der Waals surface area contributed by atoms with Crippen LogP contribution in [0.15, 0.2) is 9.59 Å². The Morgan fingerprint density at radius 2 is 2.00 bits per heavy atom. The Hall–Kier alpha value is -1.76. The summed E-state index contributed by atoms with van der Waals surface area (Å²) < 4.78 is 1.73. The molecule has 2 heterocycles. The van der Waals surface area contributed by atoms with E-state index in [9.17, 15) is 9.59 Å². The van der Waals surface area contributed by atoms with E-state index in [0.29, 0.717) is 18.0 Å². The Balaban J connectivity index is 2.98. The van der Waals surface area contributed by atoms with Gasteiger partial charge in [0, 0.05) is 12.5 Å². The van der Waals surface area contributed by atoms with E-state index in [2.05, 4.69) is 15.0 Å². The summed E-state index contributed by atoms with van der Waals surface area (Å²) in [7, 11) is 0. The molecular formula is C12H16N4O2S. The predicted molar refractivity (Wildman–Crippen MR) is 76.2 cm³/mol. The van der Waals surface area contributed by atoms with Gasteiger partial charge in [0.25, 0.3) is 5.56 Å². The number of fused-ring (bicyclic) bond motifs is 1. The molecule has 0 saturated carbocycles. The monoisotopic (exact) mass is 280 g/mol. The van der Waals surface area contributed by atoms with Crippen LogP contribution in [0.5, 0.6) is 0 Å². The molecule has 2 N–H and O–H groups in total. The number of H-pyrrole nitrogens is 2. The smallest absolute Gasteiger partial charge is 0.329 e. The van der Waals surface area contributed by atoms with E-state index >= 15 is 0 Å². The number of hydrogen-bond donors (Lipinski definition) is 2. The Morgan fingerprint density at radius 1 is 1.32 bits per heavy atom. The number of nitrogens with zero attached hydrogens (tertiary/aromatic N) is 2. The normalized spacial score (nSPS) is 11.4. The van der Waals surface area contributed by atoms with Gasteiger partial charge in [-0.2, -0.15) is 0 Å². The third-order valence-electron chi connectivity index (χ3n) is 2.88. The first kappa shape index (κ1) is 13.7. The van der Waals surface area contributed by atoms with Gasteiger partial charge in [0.1, 0.15) is 21.5 Å². The molecule has 0 saturated heterocycles. The maximum Gasteiger partial charge on any atom is 0.329 e. The van der Waals surface area contributed by atoms with Gasteiger partial charge in [0.2, 0.25) is 0 Å². The quantitative estimate of drug-likeness (QED) is 0.838. The maximum atomic E-state index is 11.9. The van der Waals surface area contributed by atoms with Crippen LogP contribution in [0.4, 0.5) is 0 Å². The van der Waals surface area contributed by atoms with Crippen LogP contribution in [0, 0.1) is 4.64 Å². The molecule has 2 aromatic heterocycles. The largest absolute Gasteiger partial charge is 0.329 e. The van der Waals surface area contributed by atoms with Crippen molar-refractivity contribution in [3.05, 3.63) is 31.3 Å². The van der Waals surface area contributed by atoms with Crippen molar-refractivity contribution in [2.45, 2.75) is 39.7 Å². The highest BCUT2D eigenvalue weighted by molar-refractivity contribution is 7.71. The molecule has 0 aliphatic heterocycles. The fraction of sp³-hybridized carbons (Fsp3) is 0.500. The number of aryl methyl sites for hydroxylation is 1. The lowest BCUT2D eigenvalue weighted by molar-refractivity contribution is 0.645. The lowest BCUT2D eigenvalue weighted by Gasteiger charge is -2.11. The summed E-state index contributed by atoms with van der Waals surface area (Å²) >= 11 is 5.17. The first-order valence-corrected chi connectivity index (χ1v) is 6.63. The fourth-order valence-corrected chi connectivity index (χ4v) is 2.21. The summed E-state index contributed by atoms with van der Waals surface area (Å²) in [5.74, 6) is 0.808. The number of aromatic amines is 2. The van der Waals surface area contributed by atoms with E-state index in [-0.39, 0.29) is 15.9 Å². The second kappa shape index (κ2) is 5.08. The molecule has 19 heavy (non-hydrogen) atoms. The second-order valence-corrected chi connectivity index (χ2v) is 5.10. The van der Waals surface area contributed by atoms with E-state index < -0.39 is 11.2 Å². The molecule has 102 valence electrons. The third-order valence-corrected chi connectivity index (χ3v) is 3.17. The summed E-state index contributed by atoms with van der Waals surface area (Å²) in [5, 5.41) is 0.271. The zero-order valence-electron chi connectivity index (χ0n) is 11.1. The molecule has 0 amide bonds. The van der Waals surface area contributed by atoms with E-state index in [1.165, 1.54) is 4.57 Å². The molecule has 0 bridgehead atoms. The SMILES string of the molecule is CCCn1c(=O)[nH]c(=O)c2c(=S)nc(C(C)C)[nH]c21. The van der Waals surface area contributed by atoms with Gasteiger partial charge in [-0.05, 0) is 6.42 Å². The summed E-state index contributed by atoms with van der Waals surface area (Å²) in [4.78, 5) is 33.3. The van der Waals surface area contributed by atoms with Crippen molar-refractivity contribution in [1.29, 1.82) is 0 Å². The number of nitrogens with one attached hydrogen (secondary N) is 2. The van der Waals surface area contributed by atoms with Crippen LogP contribution in [0.25, 0.3) is 11.0 Å². The summed E-state index contributed by atoms with van der Waals surface area (Å²) in [6.07, 6.45) is 0.779. The van der Waals surface area contributed by atoms with Gasteiger partial charge in [-0.15, -0.1) is 0 Å². The Kier molecular flexibility index (Phi) is 3.66. The molecule has 2 rings (SSSR count). The van der Waals surface area contributed by atoms with Crippen molar-refractivity contribution in [2.75, 3.05) is 0 Å². The van der Waals surface area contributed by atoms with Crippen LogP contribution in [0.3, 0.4) is 0 Å². The van der Waals surface area contributed by atoms with Gasteiger partial charge in [0.15, 0.2) is 0 Å². The van der Waals surface area contributed by atoms with Crippen LogP contribution in [0.2, 0.25) is 0 Å². The summed E-state index contributed by atoms with van der Waals surface area (Å²) in [5.41, 5.74) is -0.457. The average molecular weight is 280 g/mol. The zero-order valence-corrected chi connectivity index (χ0v) is 11.9. The molecule has 7 heteroatoms. The van der Waals surface area contributed by atoms with Gasteiger partial charge >= 0.3 is 5.69 Å². The van der Waals surface area contributed by atoms with Crippen molar-refractivity contribution in [3.8, 4) is 0 Å². The Labute approximate surface area is 114 Å².